The van der Waals surface area contributed by atoms with Crippen LogP contribution in [0.5, 0.6) is 0 Å². The third kappa shape index (κ3) is 2.08. The summed E-state index contributed by atoms with van der Waals surface area (Å²) in [4.78, 5) is 17.9. The summed E-state index contributed by atoms with van der Waals surface area (Å²) in [5.74, 6) is -0.0110. The maximum Gasteiger partial charge on any atom is 0.273 e. The Labute approximate surface area is 92.4 Å². The molecule has 0 spiro atoms. The lowest BCUT2D eigenvalue weighted by atomic mass is 10.3. The van der Waals surface area contributed by atoms with Crippen LogP contribution in [0, 0.1) is 0 Å². The fourth-order valence-corrected chi connectivity index (χ4v) is 2.15. The maximum atomic E-state index is 11.9. The Balaban J connectivity index is 2.11. The number of aromatic nitrogens is 1. The van der Waals surface area contributed by atoms with Crippen molar-refractivity contribution in [2.45, 2.75) is 13.0 Å². The SMILES string of the molecule is CC(N)c1nc(C(=O)N2CC=CC2)cs1. The van der Waals surface area contributed by atoms with Crippen molar-refractivity contribution in [2.24, 2.45) is 5.73 Å². The Morgan fingerprint density at radius 3 is 2.80 bits per heavy atom. The molecule has 0 aliphatic carbocycles. The van der Waals surface area contributed by atoms with Crippen LogP contribution in [0.1, 0.15) is 28.5 Å². The van der Waals surface area contributed by atoms with E-state index in [1.807, 2.05) is 19.1 Å². The van der Waals surface area contributed by atoms with Crippen molar-refractivity contribution < 1.29 is 4.79 Å². The quantitative estimate of drug-likeness (QED) is 0.766. The van der Waals surface area contributed by atoms with Crippen LogP contribution in [0.25, 0.3) is 0 Å². The van der Waals surface area contributed by atoms with Gasteiger partial charge in [-0.15, -0.1) is 11.3 Å². The van der Waals surface area contributed by atoms with E-state index < -0.39 is 0 Å². The van der Waals surface area contributed by atoms with Crippen LogP contribution in [0.15, 0.2) is 17.5 Å². The highest BCUT2D eigenvalue weighted by atomic mass is 32.1. The van der Waals surface area contributed by atoms with E-state index in [1.165, 1.54) is 11.3 Å². The van der Waals surface area contributed by atoms with Gasteiger partial charge >= 0.3 is 0 Å². The first kappa shape index (κ1) is 10.3. The van der Waals surface area contributed by atoms with Gasteiger partial charge in [-0.2, -0.15) is 0 Å². The van der Waals surface area contributed by atoms with E-state index in [4.69, 9.17) is 5.73 Å². The summed E-state index contributed by atoms with van der Waals surface area (Å²) in [7, 11) is 0. The number of carbonyl (C=O) groups is 1. The summed E-state index contributed by atoms with van der Waals surface area (Å²) < 4.78 is 0. The fourth-order valence-electron chi connectivity index (χ4n) is 1.40. The molecule has 1 aromatic heterocycles. The van der Waals surface area contributed by atoms with Crippen LogP contribution in [0.3, 0.4) is 0 Å². The number of carbonyl (C=O) groups excluding carboxylic acids is 1. The van der Waals surface area contributed by atoms with Gasteiger partial charge in [-0.3, -0.25) is 4.79 Å². The van der Waals surface area contributed by atoms with Gasteiger partial charge in [0, 0.05) is 18.5 Å². The third-order valence-corrected chi connectivity index (χ3v) is 3.28. The van der Waals surface area contributed by atoms with Crippen LogP contribution in [-0.4, -0.2) is 28.9 Å². The number of nitrogens with two attached hydrogens (primary N) is 1. The van der Waals surface area contributed by atoms with Crippen molar-refractivity contribution in [3.05, 3.63) is 28.2 Å². The number of rotatable bonds is 2. The lowest BCUT2D eigenvalue weighted by Crippen LogP contribution is -2.28. The molecule has 80 valence electrons. The molecule has 0 bridgehead atoms. The minimum Gasteiger partial charge on any atom is -0.330 e. The molecule has 1 unspecified atom stereocenters. The lowest BCUT2D eigenvalue weighted by Gasteiger charge is -2.12. The Hall–Kier alpha value is -1.20. The smallest absolute Gasteiger partial charge is 0.273 e. The second-order valence-electron chi connectivity index (χ2n) is 3.54. The Kier molecular flexibility index (Phi) is 2.83. The normalized spacial score (nSPS) is 17.1. The molecule has 2 rings (SSSR count). The molecule has 1 atom stereocenters. The molecule has 0 saturated carbocycles. The minimum atomic E-state index is -0.103. The standard InChI is InChI=1S/C10H13N3OS/c1-7(11)9-12-8(6-15-9)10(14)13-4-2-3-5-13/h2-3,6-7H,4-5,11H2,1H3. The lowest BCUT2D eigenvalue weighted by molar-refractivity contribution is 0.0795. The molecule has 1 aliphatic rings. The summed E-state index contributed by atoms with van der Waals surface area (Å²) in [6.07, 6.45) is 3.97. The van der Waals surface area contributed by atoms with Gasteiger partial charge in [0.25, 0.3) is 5.91 Å². The summed E-state index contributed by atoms with van der Waals surface area (Å²) in [5, 5.41) is 2.59. The predicted molar refractivity (Wildman–Crippen MR) is 59.8 cm³/mol. The predicted octanol–water partition coefficient (Wildman–Crippen LogP) is 1.17. The van der Waals surface area contributed by atoms with Gasteiger partial charge in [0.15, 0.2) is 0 Å². The van der Waals surface area contributed by atoms with E-state index >= 15 is 0 Å². The first-order valence-electron chi connectivity index (χ1n) is 4.84. The zero-order valence-corrected chi connectivity index (χ0v) is 9.33. The van der Waals surface area contributed by atoms with Crippen molar-refractivity contribution in [3.63, 3.8) is 0 Å². The summed E-state index contributed by atoms with van der Waals surface area (Å²) >= 11 is 1.44. The zero-order chi connectivity index (χ0) is 10.8. The van der Waals surface area contributed by atoms with Crippen LogP contribution in [-0.2, 0) is 0 Å². The number of hydrogen-bond donors (Lipinski definition) is 1. The highest BCUT2D eigenvalue weighted by Gasteiger charge is 2.19. The topological polar surface area (TPSA) is 59.2 Å². The first-order valence-corrected chi connectivity index (χ1v) is 5.71. The van der Waals surface area contributed by atoms with Crippen molar-refractivity contribution in [3.8, 4) is 0 Å². The van der Waals surface area contributed by atoms with E-state index in [2.05, 4.69) is 4.98 Å². The molecule has 2 heterocycles. The molecule has 1 aromatic rings. The minimum absolute atomic E-state index is 0.0110. The summed E-state index contributed by atoms with van der Waals surface area (Å²) in [5.41, 5.74) is 6.20. The summed E-state index contributed by atoms with van der Waals surface area (Å²) in [6, 6.07) is -0.103. The van der Waals surface area contributed by atoms with Crippen molar-refractivity contribution >= 4 is 17.2 Å². The van der Waals surface area contributed by atoms with Crippen LogP contribution in [0.2, 0.25) is 0 Å². The highest BCUT2D eigenvalue weighted by Crippen LogP contribution is 2.17. The Bertz CT molecular complexity index is 389. The Morgan fingerprint density at radius 1 is 1.60 bits per heavy atom. The molecular formula is C10H13N3OS. The molecule has 2 N–H and O–H groups in total. The molecule has 1 aliphatic heterocycles. The largest absolute Gasteiger partial charge is 0.330 e. The number of thiazole rings is 1. The van der Waals surface area contributed by atoms with Crippen molar-refractivity contribution in [2.75, 3.05) is 13.1 Å². The second kappa shape index (κ2) is 4.12. The maximum absolute atomic E-state index is 11.9. The van der Waals surface area contributed by atoms with Crippen LogP contribution >= 0.6 is 11.3 Å². The third-order valence-electron chi connectivity index (χ3n) is 2.24. The van der Waals surface area contributed by atoms with E-state index in [9.17, 15) is 4.79 Å². The molecule has 4 nitrogen and oxygen atoms in total. The average molecular weight is 223 g/mol. The van der Waals surface area contributed by atoms with Gasteiger partial charge in [-0.25, -0.2) is 4.98 Å². The van der Waals surface area contributed by atoms with Gasteiger partial charge in [-0.05, 0) is 6.92 Å². The molecular weight excluding hydrogens is 210 g/mol. The average Bonchev–Trinajstić information content (AvgIpc) is 2.88. The van der Waals surface area contributed by atoms with Crippen molar-refractivity contribution in [1.29, 1.82) is 0 Å². The van der Waals surface area contributed by atoms with E-state index in [-0.39, 0.29) is 11.9 Å². The molecule has 15 heavy (non-hydrogen) atoms. The second-order valence-corrected chi connectivity index (χ2v) is 4.43. The van der Waals surface area contributed by atoms with Crippen LogP contribution < -0.4 is 5.73 Å². The van der Waals surface area contributed by atoms with Gasteiger partial charge in [0.2, 0.25) is 0 Å². The summed E-state index contributed by atoms with van der Waals surface area (Å²) in [6.45, 7) is 3.23. The number of amides is 1. The molecule has 5 heteroatoms. The molecule has 0 radical (unpaired) electrons. The molecule has 0 saturated heterocycles. The number of hydrogen-bond acceptors (Lipinski definition) is 4. The van der Waals surface area contributed by atoms with E-state index in [0.29, 0.717) is 18.8 Å². The molecule has 0 fully saturated rings. The monoisotopic (exact) mass is 223 g/mol. The van der Waals surface area contributed by atoms with Gasteiger partial charge in [0.1, 0.15) is 10.7 Å². The van der Waals surface area contributed by atoms with E-state index in [1.54, 1.807) is 10.3 Å². The van der Waals surface area contributed by atoms with Gasteiger partial charge < -0.3 is 10.6 Å². The van der Waals surface area contributed by atoms with Gasteiger partial charge in [0.05, 0.1) is 6.04 Å². The van der Waals surface area contributed by atoms with Crippen LogP contribution in [0.4, 0.5) is 0 Å². The van der Waals surface area contributed by atoms with Crippen molar-refractivity contribution in [1.82, 2.24) is 9.88 Å². The molecule has 1 amide bonds. The first-order chi connectivity index (χ1) is 7.18. The number of nitrogens with zero attached hydrogens (tertiary/aromatic N) is 2. The highest BCUT2D eigenvalue weighted by molar-refractivity contribution is 7.09. The van der Waals surface area contributed by atoms with Gasteiger partial charge in [-0.1, -0.05) is 12.2 Å². The Morgan fingerprint density at radius 2 is 2.27 bits per heavy atom. The zero-order valence-electron chi connectivity index (χ0n) is 8.51. The molecule has 0 aromatic carbocycles. The van der Waals surface area contributed by atoms with E-state index in [0.717, 1.165) is 5.01 Å². The fraction of sp³-hybridized carbons (Fsp3) is 0.400.